The fourth-order valence-corrected chi connectivity index (χ4v) is 7.46. The zero-order valence-electron chi connectivity index (χ0n) is 17.3. The molecule has 0 spiro atoms. The highest BCUT2D eigenvalue weighted by molar-refractivity contribution is 5.10. The van der Waals surface area contributed by atoms with Crippen molar-refractivity contribution in [1.29, 1.82) is 0 Å². The fourth-order valence-electron chi connectivity index (χ4n) is 7.46. The van der Waals surface area contributed by atoms with Crippen LogP contribution in [0.1, 0.15) is 45.4 Å². The minimum atomic E-state index is -1.44. The number of nitro groups is 2. The van der Waals surface area contributed by atoms with E-state index in [-0.39, 0.29) is 35.5 Å². The van der Waals surface area contributed by atoms with Crippen molar-refractivity contribution in [3.8, 4) is 0 Å². The molecule has 2 saturated carbocycles. The number of piperidine rings is 3. The van der Waals surface area contributed by atoms with E-state index in [4.69, 9.17) is 0 Å². The van der Waals surface area contributed by atoms with E-state index in [0.29, 0.717) is 24.2 Å². The van der Waals surface area contributed by atoms with Gasteiger partial charge in [0.05, 0.1) is 12.6 Å². The van der Waals surface area contributed by atoms with Crippen LogP contribution in [0.3, 0.4) is 0 Å². The first-order valence-corrected chi connectivity index (χ1v) is 11.5. The van der Waals surface area contributed by atoms with Gasteiger partial charge < -0.3 is 15.7 Å². The van der Waals surface area contributed by atoms with Gasteiger partial charge in [0.1, 0.15) is 0 Å². The van der Waals surface area contributed by atoms with E-state index >= 15 is 0 Å². The summed E-state index contributed by atoms with van der Waals surface area (Å²) in [5.74, 6) is 1.68. The third-order valence-corrected chi connectivity index (χ3v) is 8.82. The molecule has 10 nitrogen and oxygen atoms in total. The minimum Gasteiger partial charge on any atom is -0.846 e. The number of nitrogens with one attached hydrogen (secondary N) is 3. The molecule has 0 radical (unpaired) electrons. The van der Waals surface area contributed by atoms with Crippen LogP contribution in [-0.2, 0) is 0 Å². The van der Waals surface area contributed by atoms with E-state index < -0.39 is 35.1 Å². The molecule has 3 N–H and O–H groups in total. The number of fused-ring (bicyclic) bond motifs is 5. The first kappa shape index (κ1) is 20.5. The van der Waals surface area contributed by atoms with Gasteiger partial charge in [-0.15, -0.1) is 0 Å². The maximum absolute atomic E-state index is 13.0. The molecule has 5 rings (SSSR count). The van der Waals surface area contributed by atoms with Crippen molar-refractivity contribution in [2.45, 2.75) is 87.9 Å². The van der Waals surface area contributed by atoms with E-state index in [9.17, 15) is 25.3 Å². The quantitative estimate of drug-likeness (QED) is 0.407. The van der Waals surface area contributed by atoms with Gasteiger partial charge in [-0.3, -0.25) is 25.5 Å². The average molecular weight is 423 g/mol. The third-order valence-electron chi connectivity index (χ3n) is 8.82. The Bertz CT molecular complexity index is 709. The van der Waals surface area contributed by atoms with Gasteiger partial charge in [-0.1, -0.05) is 6.92 Å². The molecule has 30 heavy (non-hydrogen) atoms. The Balaban J connectivity index is 1.37. The lowest BCUT2D eigenvalue weighted by atomic mass is 9.60. The average Bonchev–Trinajstić information content (AvgIpc) is 2.71. The van der Waals surface area contributed by atoms with Gasteiger partial charge in [-0.05, 0) is 68.4 Å². The maximum Gasteiger partial charge on any atom is 0.223 e. The van der Waals surface area contributed by atoms with Gasteiger partial charge in [0.25, 0.3) is 0 Å². The third kappa shape index (κ3) is 3.32. The normalized spacial score (nSPS) is 52.9. The summed E-state index contributed by atoms with van der Waals surface area (Å²) in [6, 6.07) is -2.84. The minimum absolute atomic E-state index is 0.0569. The van der Waals surface area contributed by atoms with Gasteiger partial charge in [0, 0.05) is 33.9 Å². The Kier molecular flexibility index (Phi) is 5.24. The second-order valence-corrected chi connectivity index (χ2v) is 10.5. The largest absolute Gasteiger partial charge is 0.846 e. The summed E-state index contributed by atoms with van der Waals surface area (Å²) in [5, 5.41) is 47.0. The first-order valence-electron chi connectivity index (χ1n) is 11.5. The summed E-state index contributed by atoms with van der Waals surface area (Å²) in [6.45, 7) is 3.28. The highest BCUT2D eigenvalue weighted by atomic mass is 16.6. The van der Waals surface area contributed by atoms with Crippen LogP contribution in [0.25, 0.3) is 0 Å². The molecule has 0 aromatic carbocycles. The predicted molar refractivity (Wildman–Crippen MR) is 106 cm³/mol. The van der Waals surface area contributed by atoms with Crippen molar-refractivity contribution < 1.29 is 15.0 Å². The number of hydrogen-bond acceptors (Lipinski definition) is 8. The SMILES string of the molecule is CC1CNC2NC3C(CCC4CC5C(NC43)C([O-])C([N+](=O)[O-])CC5[N+](=O)[O-])CC2C1. The van der Waals surface area contributed by atoms with Gasteiger partial charge in [0.15, 0.2) is 0 Å². The Morgan fingerprint density at radius 2 is 1.47 bits per heavy atom. The summed E-state index contributed by atoms with van der Waals surface area (Å²) in [4.78, 5) is 22.1. The maximum atomic E-state index is 13.0. The molecule has 3 aliphatic heterocycles. The lowest BCUT2D eigenvalue weighted by Crippen LogP contribution is -2.76. The molecular weight excluding hydrogens is 390 g/mol. The second kappa shape index (κ2) is 7.65. The molecule has 3 heterocycles. The lowest BCUT2D eigenvalue weighted by molar-refractivity contribution is -0.620. The lowest BCUT2D eigenvalue weighted by Gasteiger charge is -2.58. The molecular formula is C20H32N5O5-. The van der Waals surface area contributed by atoms with Crippen LogP contribution < -0.4 is 21.1 Å². The van der Waals surface area contributed by atoms with Crippen molar-refractivity contribution in [2.75, 3.05) is 6.54 Å². The highest BCUT2D eigenvalue weighted by Gasteiger charge is 2.57. The molecule has 0 aromatic rings. The molecule has 10 heteroatoms. The Hall–Kier alpha value is -1.36. The molecule has 168 valence electrons. The molecule has 5 aliphatic rings. The van der Waals surface area contributed by atoms with Crippen molar-refractivity contribution in [1.82, 2.24) is 16.0 Å². The predicted octanol–water partition coefficient (Wildman–Crippen LogP) is -0.284. The fraction of sp³-hybridized carbons (Fsp3) is 1.00. The Labute approximate surface area is 175 Å². The smallest absolute Gasteiger partial charge is 0.223 e. The van der Waals surface area contributed by atoms with Gasteiger partial charge in [-0.25, -0.2) is 0 Å². The summed E-state index contributed by atoms with van der Waals surface area (Å²) in [6.07, 6.45) is 3.71. The summed E-state index contributed by atoms with van der Waals surface area (Å²) in [7, 11) is 0. The van der Waals surface area contributed by atoms with Crippen LogP contribution >= 0.6 is 0 Å². The molecule has 0 bridgehead atoms. The molecule has 3 saturated heterocycles. The van der Waals surface area contributed by atoms with Crippen LogP contribution in [0, 0.1) is 49.8 Å². The molecule has 5 fully saturated rings. The van der Waals surface area contributed by atoms with E-state index in [1.807, 2.05) is 0 Å². The number of hydrogen-bond donors (Lipinski definition) is 3. The second-order valence-electron chi connectivity index (χ2n) is 10.5. The summed E-state index contributed by atoms with van der Waals surface area (Å²) in [5.41, 5.74) is 0. The monoisotopic (exact) mass is 422 g/mol. The topological polar surface area (TPSA) is 145 Å². The number of nitrogens with zero attached hydrogens (tertiary/aromatic N) is 2. The molecule has 12 atom stereocenters. The van der Waals surface area contributed by atoms with E-state index in [1.54, 1.807) is 0 Å². The summed E-state index contributed by atoms with van der Waals surface area (Å²) < 4.78 is 0. The van der Waals surface area contributed by atoms with Crippen LogP contribution in [-0.4, -0.2) is 58.9 Å². The van der Waals surface area contributed by atoms with Crippen molar-refractivity contribution >= 4 is 0 Å². The van der Waals surface area contributed by atoms with Crippen molar-refractivity contribution in [3.05, 3.63) is 20.2 Å². The number of rotatable bonds is 2. The Morgan fingerprint density at radius 1 is 0.800 bits per heavy atom. The first-order chi connectivity index (χ1) is 14.3. The van der Waals surface area contributed by atoms with Crippen LogP contribution in [0.4, 0.5) is 0 Å². The van der Waals surface area contributed by atoms with Crippen molar-refractivity contribution in [2.24, 2.45) is 29.6 Å². The van der Waals surface area contributed by atoms with Crippen LogP contribution in [0.2, 0.25) is 0 Å². The van der Waals surface area contributed by atoms with Crippen LogP contribution in [0.15, 0.2) is 0 Å². The Morgan fingerprint density at radius 3 is 2.17 bits per heavy atom. The highest BCUT2D eigenvalue weighted by Crippen LogP contribution is 2.46. The van der Waals surface area contributed by atoms with E-state index in [2.05, 4.69) is 22.9 Å². The zero-order chi connectivity index (χ0) is 21.2. The van der Waals surface area contributed by atoms with Gasteiger partial charge in [-0.2, -0.15) is 0 Å². The van der Waals surface area contributed by atoms with Crippen LogP contribution in [0.5, 0.6) is 0 Å². The molecule has 0 aromatic heterocycles. The molecule has 12 unspecified atom stereocenters. The standard InChI is InChI=1S/C20H32N5O5/c1-9-4-12-5-10-2-3-11-6-13-14(24(27)28)7-15(25(29)30)19(26)18(13)22-16(11)17(10)23-20(12)21-8-9/h9-23H,2-8H2,1H3/q-1. The summed E-state index contributed by atoms with van der Waals surface area (Å²) >= 11 is 0. The van der Waals surface area contributed by atoms with Crippen molar-refractivity contribution in [3.63, 3.8) is 0 Å². The zero-order valence-corrected chi connectivity index (χ0v) is 17.3. The molecule has 0 amide bonds. The molecule has 2 aliphatic carbocycles. The van der Waals surface area contributed by atoms with E-state index in [1.165, 1.54) is 6.42 Å². The van der Waals surface area contributed by atoms with Gasteiger partial charge in [0.2, 0.25) is 12.1 Å². The van der Waals surface area contributed by atoms with E-state index in [0.717, 1.165) is 25.8 Å². The van der Waals surface area contributed by atoms with Gasteiger partial charge >= 0.3 is 0 Å².